The zero-order chi connectivity index (χ0) is 12.9. The van der Waals surface area contributed by atoms with Crippen molar-refractivity contribution in [2.45, 2.75) is 32.6 Å². The summed E-state index contributed by atoms with van der Waals surface area (Å²) in [5.41, 5.74) is 7.82. The van der Waals surface area contributed by atoms with Crippen LogP contribution in [0, 0.1) is 13.8 Å². The lowest BCUT2D eigenvalue weighted by molar-refractivity contribution is 0.782. The first kappa shape index (κ1) is 11.6. The second-order valence-electron chi connectivity index (χ2n) is 4.68. The van der Waals surface area contributed by atoms with Gasteiger partial charge in [-0.1, -0.05) is 0 Å². The van der Waals surface area contributed by atoms with Crippen LogP contribution in [0.2, 0.25) is 0 Å². The molecule has 5 nitrogen and oxygen atoms in total. The summed E-state index contributed by atoms with van der Waals surface area (Å²) < 4.78 is 2.82. The van der Waals surface area contributed by atoms with Crippen LogP contribution in [0.15, 0.2) is 10.5 Å². The minimum Gasteiger partial charge on any atom is -0.384 e. The predicted octanol–water partition coefficient (Wildman–Crippen LogP) is 2.50. The van der Waals surface area contributed by atoms with E-state index in [4.69, 9.17) is 5.73 Å². The average Bonchev–Trinajstić information content (AvgIpc) is 3.13. The Morgan fingerprint density at radius 3 is 2.61 bits per heavy atom. The summed E-state index contributed by atoms with van der Waals surface area (Å²) in [6, 6.07) is 1.76. The number of anilines is 1. The lowest BCUT2D eigenvalue weighted by Crippen LogP contribution is -2.07. The number of rotatable bonds is 2. The molecule has 0 saturated heterocycles. The fraction of sp³-hybridized carbons (Fsp3) is 0.417. The number of nitrogen functional groups attached to an aromatic ring is 1. The summed E-state index contributed by atoms with van der Waals surface area (Å²) in [5.74, 6) is 2.57. The molecule has 6 heteroatoms. The van der Waals surface area contributed by atoms with Gasteiger partial charge in [0.1, 0.15) is 11.6 Å². The number of halogens is 1. The Morgan fingerprint density at radius 2 is 2.06 bits per heavy atom. The van der Waals surface area contributed by atoms with Crippen LogP contribution in [0.1, 0.15) is 36.0 Å². The summed E-state index contributed by atoms with van der Waals surface area (Å²) in [7, 11) is 0. The predicted molar refractivity (Wildman–Crippen MR) is 72.7 cm³/mol. The van der Waals surface area contributed by atoms with Gasteiger partial charge >= 0.3 is 0 Å². The van der Waals surface area contributed by atoms with Gasteiger partial charge in [0.2, 0.25) is 0 Å². The van der Waals surface area contributed by atoms with E-state index >= 15 is 0 Å². The van der Waals surface area contributed by atoms with Gasteiger partial charge in [-0.2, -0.15) is 5.10 Å². The maximum absolute atomic E-state index is 5.85. The number of nitrogens with zero attached hydrogens (tertiary/aromatic N) is 4. The summed E-state index contributed by atoms with van der Waals surface area (Å²) in [6.07, 6.45) is 2.31. The molecule has 2 aromatic heterocycles. The third-order valence-corrected chi connectivity index (χ3v) is 4.26. The Morgan fingerprint density at radius 1 is 1.33 bits per heavy atom. The van der Waals surface area contributed by atoms with E-state index in [-0.39, 0.29) is 0 Å². The normalized spacial score (nSPS) is 15.1. The van der Waals surface area contributed by atoms with Gasteiger partial charge in [-0.3, -0.25) is 0 Å². The van der Waals surface area contributed by atoms with Crippen LogP contribution in [0.4, 0.5) is 5.82 Å². The number of aromatic nitrogens is 4. The minimum absolute atomic E-state index is 0.479. The molecule has 0 aromatic carbocycles. The van der Waals surface area contributed by atoms with Crippen molar-refractivity contribution in [1.82, 2.24) is 19.7 Å². The van der Waals surface area contributed by atoms with E-state index in [1.54, 1.807) is 6.07 Å². The highest BCUT2D eigenvalue weighted by molar-refractivity contribution is 9.10. The fourth-order valence-corrected chi connectivity index (χ4v) is 2.20. The molecule has 0 aliphatic heterocycles. The molecule has 18 heavy (non-hydrogen) atoms. The van der Waals surface area contributed by atoms with Crippen molar-refractivity contribution >= 4 is 21.7 Å². The van der Waals surface area contributed by atoms with Crippen LogP contribution in [0.25, 0.3) is 5.82 Å². The molecular weight excluding hydrogens is 294 g/mol. The van der Waals surface area contributed by atoms with E-state index in [0.717, 1.165) is 40.3 Å². The fourth-order valence-electron chi connectivity index (χ4n) is 1.95. The summed E-state index contributed by atoms with van der Waals surface area (Å²) >= 11 is 3.52. The molecule has 0 unspecified atom stereocenters. The Balaban J connectivity index is 2.12. The maximum Gasteiger partial charge on any atom is 0.159 e. The van der Waals surface area contributed by atoms with E-state index < -0.39 is 0 Å². The van der Waals surface area contributed by atoms with Crippen LogP contribution in [-0.4, -0.2) is 19.7 Å². The van der Waals surface area contributed by atoms with Gasteiger partial charge in [0.05, 0.1) is 15.9 Å². The number of aryl methyl sites for hydroxylation is 1. The lowest BCUT2D eigenvalue weighted by atomic mass is 10.3. The van der Waals surface area contributed by atoms with Crippen LogP contribution in [0.5, 0.6) is 0 Å². The van der Waals surface area contributed by atoms with Crippen molar-refractivity contribution in [2.75, 3.05) is 5.73 Å². The van der Waals surface area contributed by atoms with Crippen molar-refractivity contribution in [2.24, 2.45) is 0 Å². The summed E-state index contributed by atoms with van der Waals surface area (Å²) in [4.78, 5) is 8.86. The Labute approximate surface area is 114 Å². The molecule has 0 atom stereocenters. The highest BCUT2D eigenvalue weighted by Gasteiger charge is 2.27. The average molecular weight is 308 g/mol. The Hall–Kier alpha value is -1.43. The molecule has 2 N–H and O–H groups in total. The molecule has 1 fully saturated rings. The van der Waals surface area contributed by atoms with Crippen molar-refractivity contribution in [3.8, 4) is 5.82 Å². The van der Waals surface area contributed by atoms with Gasteiger partial charge in [0.15, 0.2) is 5.82 Å². The van der Waals surface area contributed by atoms with Crippen molar-refractivity contribution in [1.29, 1.82) is 0 Å². The number of nitrogens with two attached hydrogens (primary N) is 1. The third-order valence-electron chi connectivity index (χ3n) is 3.11. The number of hydrogen-bond donors (Lipinski definition) is 1. The first-order chi connectivity index (χ1) is 8.56. The van der Waals surface area contributed by atoms with Crippen LogP contribution < -0.4 is 5.73 Å². The standard InChI is InChI=1S/C12H14BrN5/c1-6-11(13)7(2)18(17-6)10-5-9(14)15-12(16-10)8-3-4-8/h5,8H,3-4H2,1-2H3,(H2,14,15,16). The van der Waals surface area contributed by atoms with Crippen LogP contribution in [-0.2, 0) is 0 Å². The molecule has 3 rings (SSSR count). The molecule has 0 bridgehead atoms. The molecule has 0 spiro atoms. The van der Waals surface area contributed by atoms with Gasteiger partial charge in [-0.05, 0) is 42.6 Å². The second kappa shape index (κ2) is 4.05. The largest absolute Gasteiger partial charge is 0.384 e. The van der Waals surface area contributed by atoms with Gasteiger partial charge in [-0.25, -0.2) is 14.6 Å². The molecule has 1 aliphatic rings. The Bertz CT molecular complexity index is 615. The van der Waals surface area contributed by atoms with Crippen molar-refractivity contribution in [3.63, 3.8) is 0 Å². The molecule has 0 amide bonds. The Kier molecular flexibility index (Phi) is 2.62. The third kappa shape index (κ3) is 1.90. The van der Waals surface area contributed by atoms with Crippen LogP contribution in [0.3, 0.4) is 0 Å². The SMILES string of the molecule is Cc1nn(-c2cc(N)nc(C3CC3)n2)c(C)c1Br. The zero-order valence-electron chi connectivity index (χ0n) is 10.3. The van der Waals surface area contributed by atoms with Gasteiger partial charge < -0.3 is 5.73 Å². The van der Waals surface area contributed by atoms with Crippen molar-refractivity contribution in [3.05, 3.63) is 27.8 Å². The van der Waals surface area contributed by atoms with E-state index in [0.29, 0.717) is 11.7 Å². The van der Waals surface area contributed by atoms with Gasteiger partial charge in [0, 0.05) is 12.0 Å². The van der Waals surface area contributed by atoms with Crippen molar-refractivity contribution < 1.29 is 0 Å². The molecule has 1 aliphatic carbocycles. The van der Waals surface area contributed by atoms with E-state index in [2.05, 4.69) is 31.0 Å². The summed E-state index contributed by atoms with van der Waals surface area (Å²) in [5, 5.41) is 4.47. The first-order valence-corrected chi connectivity index (χ1v) is 6.72. The second-order valence-corrected chi connectivity index (χ2v) is 5.47. The van der Waals surface area contributed by atoms with E-state index in [9.17, 15) is 0 Å². The monoisotopic (exact) mass is 307 g/mol. The van der Waals surface area contributed by atoms with Gasteiger partial charge in [0.25, 0.3) is 0 Å². The molecule has 1 saturated carbocycles. The first-order valence-electron chi connectivity index (χ1n) is 5.93. The smallest absolute Gasteiger partial charge is 0.159 e. The molecule has 94 valence electrons. The summed E-state index contributed by atoms with van der Waals surface area (Å²) in [6.45, 7) is 3.96. The van der Waals surface area contributed by atoms with E-state index in [1.165, 1.54) is 0 Å². The lowest BCUT2D eigenvalue weighted by Gasteiger charge is -2.06. The highest BCUT2D eigenvalue weighted by Crippen LogP contribution is 2.38. The zero-order valence-corrected chi connectivity index (χ0v) is 11.9. The molecular formula is C12H14BrN5. The maximum atomic E-state index is 5.85. The molecule has 2 aromatic rings. The topological polar surface area (TPSA) is 69.6 Å². The minimum atomic E-state index is 0.479. The number of hydrogen-bond acceptors (Lipinski definition) is 4. The molecule has 2 heterocycles. The van der Waals surface area contributed by atoms with Gasteiger partial charge in [-0.15, -0.1) is 0 Å². The van der Waals surface area contributed by atoms with Crippen LogP contribution >= 0.6 is 15.9 Å². The quantitative estimate of drug-likeness (QED) is 0.925. The highest BCUT2D eigenvalue weighted by atomic mass is 79.9. The molecule has 0 radical (unpaired) electrons. The van der Waals surface area contributed by atoms with E-state index in [1.807, 2.05) is 18.5 Å².